The summed E-state index contributed by atoms with van der Waals surface area (Å²) in [6.07, 6.45) is 0.488. The number of fused-ring (bicyclic) bond motifs is 1. The van der Waals surface area contributed by atoms with E-state index in [2.05, 4.69) is 10.5 Å². The van der Waals surface area contributed by atoms with Crippen molar-refractivity contribution >= 4 is 16.8 Å². The summed E-state index contributed by atoms with van der Waals surface area (Å²) in [5.74, 6) is -0.0762. The van der Waals surface area contributed by atoms with Crippen molar-refractivity contribution in [2.24, 2.45) is 0 Å². The van der Waals surface area contributed by atoms with Crippen molar-refractivity contribution in [2.45, 2.75) is 19.4 Å². The molecule has 2 N–H and O–H groups in total. The van der Waals surface area contributed by atoms with Crippen LogP contribution in [-0.4, -0.2) is 28.8 Å². The standard InChI is InChI=1S/C18H17FN2O3/c1-11(8-9-22)20-18(23)13-4-7-16-15(10-13)17(24-21-16)12-2-5-14(19)6-3-12/h2-7,10-11,22H,8-9H2,1H3,(H,20,23). The molecule has 24 heavy (non-hydrogen) atoms. The van der Waals surface area contributed by atoms with Crippen LogP contribution in [0.3, 0.4) is 0 Å². The third kappa shape index (κ3) is 3.28. The third-order valence-corrected chi connectivity index (χ3v) is 3.78. The molecule has 124 valence electrons. The van der Waals surface area contributed by atoms with Crippen LogP contribution >= 0.6 is 0 Å². The Morgan fingerprint density at radius 3 is 2.75 bits per heavy atom. The van der Waals surface area contributed by atoms with Crippen LogP contribution in [0.1, 0.15) is 23.7 Å². The molecule has 5 nitrogen and oxygen atoms in total. The first-order valence-corrected chi connectivity index (χ1v) is 7.65. The van der Waals surface area contributed by atoms with Crippen LogP contribution in [0.15, 0.2) is 47.0 Å². The van der Waals surface area contributed by atoms with Crippen LogP contribution in [0.5, 0.6) is 0 Å². The molecule has 0 aliphatic carbocycles. The van der Waals surface area contributed by atoms with Gasteiger partial charge in [-0.05, 0) is 55.8 Å². The number of halogens is 1. The summed E-state index contributed by atoms with van der Waals surface area (Å²) in [6, 6.07) is 10.8. The Morgan fingerprint density at radius 1 is 1.29 bits per heavy atom. The van der Waals surface area contributed by atoms with Gasteiger partial charge in [-0.1, -0.05) is 5.16 Å². The fraction of sp³-hybridized carbons (Fsp3) is 0.222. The highest BCUT2D eigenvalue weighted by Gasteiger charge is 2.15. The van der Waals surface area contributed by atoms with Gasteiger partial charge in [-0.2, -0.15) is 0 Å². The molecule has 1 heterocycles. The number of hydrogen-bond donors (Lipinski definition) is 2. The minimum atomic E-state index is -0.333. The van der Waals surface area contributed by atoms with Gasteiger partial charge in [-0.25, -0.2) is 4.39 Å². The maximum Gasteiger partial charge on any atom is 0.251 e. The molecule has 0 saturated carbocycles. The van der Waals surface area contributed by atoms with Gasteiger partial charge in [-0.3, -0.25) is 4.79 Å². The zero-order valence-electron chi connectivity index (χ0n) is 13.1. The number of nitrogens with one attached hydrogen (secondary N) is 1. The largest absolute Gasteiger partial charge is 0.396 e. The molecule has 3 aromatic rings. The molecule has 3 rings (SSSR count). The molecule has 0 aliphatic rings. The topological polar surface area (TPSA) is 75.4 Å². The average Bonchev–Trinajstić information content (AvgIpc) is 2.99. The van der Waals surface area contributed by atoms with Gasteiger partial charge < -0.3 is 14.9 Å². The van der Waals surface area contributed by atoms with Crippen molar-refractivity contribution < 1.29 is 18.8 Å². The first kappa shape index (κ1) is 16.1. The van der Waals surface area contributed by atoms with Gasteiger partial charge in [0.15, 0.2) is 5.76 Å². The van der Waals surface area contributed by atoms with Crippen LogP contribution in [0, 0.1) is 5.82 Å². The lowest BCUT2D eigenvalue weighted by molar-refractivity contribution is 0.0934. The highest BCUT2D eigenvalue weighted by Crippen LogP contribution is 2.29. The molecular weight excluding hydrogens is 311 g/mol. The molecule has 0 spiro atoms. The van der Waals surface area contributed by atoms with E-state index in [1.807, 2.05) is 6.92 Å². The zero-order valence-corrected chi connectivity index (χ0v) is 13.1. The van der Waals surface area contributed by atoms with E-state index in [0.29, 0.717) is 34.2 Å². The summed E-state index contributed by atoms with van der Waals surface area (Å²) in [5, 5.41) is 16.4. The molecule has 1 unspecified atom stereocenters. The number of aliphatic hydroxyl groups is 1. The minimum Gasteiger partial charge on any atom is -0.396 e. The van der Waals surface area contributed by atoms with Gasteiger partial charge in [0.2, 0.25) is 0 Å². The van der Waals surface area contributed by atoms with E-state index in [1.165, 1.54) is 12.1 Å². The summed E-state index contributed by atoms with van der Waals surface area (Å²) in [6.45, 7) is 1.84. The molecular formula is C18H17FN2O3. The van der Waals surface area contributed by atoms with Crippen LogP contribution < -0.4 is 5.32 Å². The van der Waals surface area contributed by atoms with Crippen molar-refractivity contribution in [3.8, 4) is 11.3 Å². The van der Waals surface area contributed by atoms with Crippen LogP contribution in [0.25, 0.3) is 22.2 Å². The van der Waals surface area contributed by atoms with E-state index in [4.69, 9.17) is 9.63 Å². The second-order valence-electron chi connectivity index (χ2n) is 5.64. The number of hydrogen-bond acceptors (Lipinski definition) is 4. The summed E-state index contributed by atoms with van der Waals surface area (Å²) < 4.78 is 18.4. The molecule has 6 heteroatoms. The number of amides is 1. The normalized spacial score (nSPS) is 12.3. The summed E-state index contributed by atoms with van der Waals surface area (Å²) in [5.41, 5.74) is 1.78. The van der Waals surface area contributed by atoms with E-state index in [9.17, 15) is 9.18 Å². The molecule has 2 aromatic carbocycles. The highest BCUT2D eigenvalue weighted by atomic mass is 19.1. The number of carbonyl (C=O) groups excluding carboxylic acids is 1. The first-order valence-electron chi connectivity index (χ1n) is 7.65. The maximum absolute atomic E-state index is 13.1. The Hall–Kier alpha value is -2.73. The predicted molar refractivity (Wildman–Crippen MR) is 88.0 cm³/mol. The number of carbonyl (C=O) groups is 1. The number of aromatic nitrogens is 1. The predicted octanol–water partition coefficient (Wildman–Crippen LogP) is 3.13. The van der Waals surface area contributed by atoms with Crippen LogP contribution in [0.4, 0.5) is 4.39 Å². The van der Waals surface area contributed by atoms with E-state index in [0.717, 1.165) is 0 Å². The van der Waals surface area contributed by atoms with Gasteiger partial charge in [0, 0.05) is 23.8 Å². The van der Waals surface area contributed by atoms with Crippen LogP contribution in [-0.2, 0) is 0 Å². The van der Waals surface area contributed by atoms with Gasteiger partial charge in [0.25, 0.3) is 5.91 Å². The Bertz CT molecular complexity index is 858. The zero-order chi connectivity index (χ0) is 17.1. The number of aliphatic hydroxyl groups excluding tert-OH is 1. The second kappa shape index (κ2) is 6.80. The first-order chi connectivity index (χ1) is 11.6. The van der Waals surface area contributed by atoms with Crippen molar-refractivity contribution in [1.82, 2.24) is 10.5 Å². The highest BCUT2D eigenvalue weighted by molar-refractivity contribution is 6.01. The summed E-state index contributed by atoms with van der Waals surface area (Å²) in [4.78, 5) is 12.3. The van der Waals surface area contributed by atoms with Crippen LogP contribution in [0.2, 0.25) is 0 Å². The summed E-state index contributed by atoms with van der Waals surface area (Å²) in [7, 11) is 0. The second-order valence-corrected chi connectivity index (χ2v) is 5.64. The smallest absolute Gasteiger partial charge is 0.251 e. The molecule has 0 aliphatic heterocycles. The molecule has 1 atom stereocenters. The van der Waals surface area contributed by atoms with Gasteiger partial charge >= 0.3 is 0 Å². The third-order valence-electron chi connectivity index (χ3n) is 3.78. The lowest BCUT2D eigenvalue weighted by atomic mass is 10.1. The Kier molecular flexibility index (Phi) is 4.57. The molecule has 0 saturated heterocycles. The van der Waals surface area contributed by atoms with Gasteiger partial charge in [-0.15, -0.1) is 0 Å². The quantitative estimate of drug-likeness (QED) is 0.754. The maximum atomic E-state index is 13.1. The van der Waals surface area contributed by atoms with Gasteiger partial charge in [0.1, 0.15) is 11.3 Å². The van der Waals surface area contributed by atoms with Gasteiger partial charge in [0.05, 0.1) is 5.39 Å². The fourth-order valence-electron chi connectivity index (χ4n) is 2.47. The molecule has 0 radical (unpaired) electrons. The fourth-order valence-corrected chi connectivity index (χ4v) is 2.47. The van der Waals surface area contributed by atoms with Crippen molar-refractivity contribution in [2.75, 3.05) is 6.61 Å². The van der Waals surface area contributed by atoms with Crippen molar-refractivity contribution in [1.29, 1.82) is 0 Å². The number of nitrogens with zero attached hydrogens (tertiary/aromatic N) is 1. The molecule has 1 amide bonds. The average molecular weight is 328 g/mol. The Morgan fingerprint density at radius 2 is 2.04 bits per heavy atom. The molecule has 0 bridgehead atoms. The van der Waals surface area contributed by atoms with E-state index < -0.39 is 0 Å². The van der Waals surface area contributed by atoms with Crippen molar-refractivity contribution in [3.63, 3.8) is 0 Å². The van der Waals surface area contributed by atoms with E-state index >= 15 is 0 Å². The Labute approximate surface area is 138 Å². The number of rotatable bonds is 5. The van der Waals surface area contributed by atoms with E-state index in [-0.39, 0.29) is 24.4 Å². The molecule has 0 fully saturated rings. The Balaban J connectivity index is 1.94. The van der Waals surface area contributed by atoms with E-state index in [1.54, 1.807) is 30.3 Å². The summed E-state index contributed by atoms with van der Waals surface area (Å²) >= 11 is 0. The lowest BCUT2D eigenvalue weighted by Crippen LogP contribution is -2.33. The minimum absolute atomic E-state index is 0.0147. The van der Waals surface area contributed by atoms with Crippen molar-refractivity contribution in [3.05, 3.63) is 53.8 Å². The monoisotopic (exact) mass is 328 g/mol. The SMILES string of the molecule is CC(CCO)NC(=O)c1ccc2noc(-c3ccc(F)cc3)c2c1. The number of benzene rings is 2. The lowest BCUT2D eigenvalue weighted by Gasteiger charge is -2.12. The molecule has 1 aromatic heterocycles.